The van der Waals surface area contributed by atoms with Crippen LogP contribution in [0.25, 0.3) is 0 Å². The van der Waals surface area contributed by atoms with Gasteiger partial charge in [-0.3, -0.25) is 0 Å². The van der Waals surface area contributed by atoms with Crippen LogP contribution in [0, 0.1) is 0 Å². The second-order valence-electron chi connectivity index (χ2n) is 4.63. The maximum Gasteiger partial charge on any atom is 0.129 e. The summed E-state index contributed by atoms with van der Waals surface area (Å²) in [5.74, 6) is 1.08. The number of aryl methyl sites for hydroxylation is 1. The standard InChI is InChI=1S/C14H21N3/c1-3-13-8-12(10-15)9-14(16-13)17-6-4-11(2)5-7-17/h4,8-9H,3,5-7,10,15H2,1-2H3. The van der Waals surface area contributed by atoms with Crippen LogP contribution in [0.2, 0.25) is 0 Å². The highest BCUT2D eigenvalue weighted by molar-refractivity contribution is 5.44. The summed E-state index contributed by atoms with van der Waals surface area (Å²) in [4.78, 5) is 7.01. The molecule has 92 valence electrons. The Morgan fingerprint density at radius 1 is 1.41 bits per heavy atom. The van der Waals surface area contributed by atoms with Crippen molar-refractivity contribution in [3.63, 3.8) is 0 Å². The Kier molecular flexibility index (Phi) is 3.79. The topological polar surface area (TPSA) is 42.1 Å². The first-order chi connectivity index (χ1) is 8.22. The lowest BCUT2D eigenvalue weighted by Gasteiger charge is -2.27. The lowest BCUT2D eigenvalue weighted by Crippen LogP contribution is -2.29. The Balaban J connectivity index is 2.25. The van der Waals surface area contributed by atoms with Gasteiger partial charge in [0.15, 0.2) is 0 Å². The molecule has 2 rings (SSSR count). The third-order valence-electron chi connectivity index (χ3n) is 3.28. The van der Waals surface area contributed by atoms with Crippen molar-refractivity contribution in [1.82, 2.24) is 4.98 Å². The maximum atomic E-state index is 5.74. The highest BCUT2D eigenvalue weighted by Crippen LogP contribution is 2.19. The minimum absolute atomic E-state index is 0.589. The summed E-state index contributed by atoms with van der Waals surface area (Å²) < 4.78 is 0. The molecule has 0 spiro atoms. The largest absolute Gasteiger partial charge is 0.353 e. The number of rotatable bonds is 3. The Bertz CT molecular complexity index is 401. The normalized spacial score (nSPS) is 15.9. The molecule has 0 saturated heterocycles. The summed E-state index contributed by atoms with van der Waals surface area (Å²) in [6.07, 6.45) is 4.38. The average Bonchev–Trinajstić information content (AvgIpc) is 2.39. The van der Waals surface area contributed by atoms with E-state index in [0.29, 0.717) is 6.54 Å². The molecule has 3 heteroatoms. The van der Waals surface area contributed by atoms with Crippen molar-refractivity contribution in [3.8, 4) is 0 Å². The molecule has 1 aliphatic heterocycles. The van der Waals surface area contributed by atoms with Crippen LogP contribution < -0.4 is 10.6 Å². The van der Waals surface area contributed by atoms with Gasteiger partial charge in [0.25, 0.3) is 0 Å². The van der Waals surface area contributed by atoms with Gasteiger partial charge in [0, 0.05) is 25.3 Å². The van der Waals surface area contributed by atoms with Crippen LogP contribution in [0.15, 0.2) is 23.8 Å². The molecule has 2 N–H and O–H groups in total. The fourth-order valence-corrected chi connectivity index (χ4v) is 2.07. The lowest BCUT2D eigenvalue weighted by molar-refractivity contribution is 0.769. The van der Waals surface area contributed by atoms with Crippen LogP contribution in [-0.2, 0) is 13.0 Å². The van der Waals surface area contributed by atoms with E-state index in [2.05, 4.69) is 41.9 Å². The second kappa shape index (κ2) is 5.32. The highest BCUT2D eigenvalue weighted by atomic mass is 15.2. The molecule has 0 amide bonds. The molecule has 0 radical (unpaired) electrons. The molecule has 0 unspecified atom stereocenters. The van der Waals surface area contributed by atoms with Crippen LogP contribution in [-0.4, -0.2) is 18.1 Å². The van der Waals surface area contributed by atoms with Gasteiger partial charge in [-0.25, -0.2) is 4.98 Å². The predicted octanol–water partition coefficient (Wildman–Crippen LogP) is 2.26. The predicted molar refractivity (Wildman–Crippen MR) is 72.1 cm³/mol. The van der Waals surface area contributed by atoms with Crippen LogP contribution in [0.4, 0.5) is 5.82 Å². The zero-order chi connectivity index (χ0) is 12.3. The molecule has 3 nitrogen and oxygen atoms in total. The molecule has 17 heavy (non-hydrogen) atoms. The van der Waals surface area contributed by atoms with E-state index in [1.165, 1.54) is 11.1 Å². The summed E-state index contributed by atoms with van der Waals surface area (Å²) >= 11 is 0. The van der Waals surface area contributed by atoms with Crippen molar-refractivity contribution in [2.75, 3.05) is 18.0 Å². The van der Waals surface area contributed by atoms with Crippen molar-refractivity contribution in [2.45, 2.75) is 33.2 Å². The zero-order valence-corrected chi connectivity index (χ0v) is 10.7. The number of aromatic nitrogens is 1. The van der Waals surface area contributed by atoms with Gasteiger partial charge in [-0.15, -0.1) is 0 Å². The summed E-state index contributed by atoms with van der Waals surface area (Å²) in [6.45, 7) is 6.94. The van der Waals surface area contributed by atoms with E-state index in [1.807, 2.05) is 0 Å². The van der Waals surface area contributed by atoms with Crippen molar-refractivity contribution >= 4 is 5.82 Å². The molecule has 0 aliphatic carbocycles. The van der Waals surface area contributed by atoms with Gasteiger partial charge in [-0.05, 0) is 37.5 Å². The summed E-state index contributed by atoms with van der Waals surface area (Å²) in [6, 6.07) is 4.22. The quantitative estimate of drug-likeness (QED) is 0.811. The van der Waals surface area contributed by atoms with E-state index in [1.54, 1.807) is 0 Å². The van der Waals surface area contributed by atoms with Gasteiger partial charge >= 0.3 is 0 Å². The molecule has 1 aliphatic rings. The van der Waals surface area contributed by atoms with Gasteiger partial charge in [0.2, 0.25) is 0 Å². The first-order valence-electron chi connectivity index (χ1n) is 6.33. The number of hydrogen-bond donors (Lipinski definition) is 1. The minimum Gasteiger partial charge on any atom is -0.353 e. The van der Waals surface area contributed by atoms with E-state index in [4.69, 9.17) is 5.73 Å². The fourth-order valence-electron chi connectivity index (χ4n) is 2.07. The zero-order valence-electron chi connectivity index (χ0n) is 10.7. The number of pyridine rings is 1. The van der Waals surface area contributed by atoms with Crippen molar-refractivity contribution in [1.29, 1.82) is 0 Å². The van der Waals surface area contributed by atoms with Gasteiger partial charge in [-0.2, -0.15) is 0 Å². The van der Waals surface area contributed by atoms with Gasteiger partial charge < -0.3 is 10.6 Å². The van der Waals surface area contributed by atoms with Crippen LogP contribution in [0.1, 0.15) is 31.5 Å². The summed E-state index contributed by atoms with van der Waals surface area (Å²) in [5, 5.41) is 0. The van der Waals surface area contributed by atoms with E-state index in [-0.39, 0.29) is 0 Å². The van der Waals surface area contributed by atoms with E-state index >= 15 is 0 Å². The van der Waals surface area contributed by atoms with Crippen LogP contribution >= 0.6 is 0 Å². The smallest absolute Gasteiger partial charge is 0.129 e. The summed E-state index contributed by atoms with van der Waals surface area (Å²) in [7, 11) is 0. The number of hydrogen-bond acceptors (Lipinski definition) is 3. The van der Waals surface area contributed by atoms with Crippen molar-refractivity contribution in [3.05, 3.63) is 35.0 Å². The van der Waals surface area contributed by atoms with Crippen molar-refractivity contribution < 1.29 is 0 Å². The fraction of sp³-hybridized carbons (Fsp3) is 0.500. The second-order valence-corrected chi connectivity index (χ2v) is 4.63. The molecule has 0 aromatic carbocycles. The number of nitrogens with zero attached hydrogens (tertiary/aromatic N) is 2. The maximum absolute atomic E-state index is 5.74. The number of nitrogens with two attached hydrogens (primary N) is 1. The molecule has 1 aromatic heterocycles. The van der Waals surface area contributed by atoms with Gasteiger partial charge in [0.1, 0.15) is 5.82 Å². The monoisotopic (exact) mass is 231 g/mol. The van der Waals surface area contributed by atoms with Crippen LogP contribution in [0.3, 0.4) is 0 Å². The molecule has 0 bridgehead atoms. The Morgan fingerprint density at radius 2 is 2.24 bits per heavy atom. The minimum atomic E-state index is 0.589. The van der Waals surface area contributed by atoms with Crippen molar-refractivity contribution in [2.24, 2.45) is 5.73 Å². The molecule has 2 heterocycles. The van der Waals surface area contributed by atoms with Gasteiger partial charge in [-0.1, -0.05) is 18.6 Å². The highest BCUT2D eigenvalue weighted by Gasteiger charge is 2.12. The Morgan fingerprint density at radius 3 is 2.82 bits per heavy atom. The van der Waals surface area contributed by atoms with Crippen LogP contribution in [0.5, 0.6) is 0 Å². The third-order valence-corrected chi connectivity index (χ3v) is 3.28. The Labute approximate surface area is 103 Å². The average molecular weight is 231 g/mol. The SMILES string of the molecule is CCc1cc(CN)cc(N2CC=C(C)CC2)n1. The van der Waals surface area contributed by atoms with E-state index in [9.17, 15) is 0 Å². The summed E-state index contributed by atoms with van der Waals surface area (Å²) in [5.41, 5.74) is 9.53. The molecular weight excluding hydrogens is 210 g/mol. The molecular formula is C14H21N3. The first-order valence-corrected chi connectivity index (χ1v) is 6.33. The third kappa shape index (κ3) is 2.86. The molecule has 1 aromatic rings. The van der Waals surface area contributed by atoms with E-state index in [0.717, 1.165) is 37.4 Å². The number of anilines is 1. The van der Waals surface area contributed by atoms with Gasteiger partial charge in [0.05, 0.1) is 0 Å². The van der Waals surface area contributed by atoms with E-state index < -0.39 is 0 Å². The lowest BCUT2D eigenvalue weighted by atomic mass is 10.1. The molecule has 0 atom stereocenters. The molecule has 0 saturated carbocycles. The Hall–Kier alpha value is -1.35. The first kappa shape index (κ1) is 12.1. The molecule has 0 fully saturated rings.